The van der Waals surface area contributed by atoms with Crippen LogP contribution >= 0.6 is 0 Å². The quantitative estimate of drug-likeness (QED) is 0.532. The topological polar surface area (TPSA) is 35.9 Å². The van der Waals surface area contributed by atoms with E-state index in [1.54, 1.807) is 0 Å². The number of nitrogens with zero attached hydrogens (tertiary/aromatic N) is 2. The molecule has 1 saturated heterocycles. The van der Waals surface area contributed by atoms with Crippen LogP contribution in [0.15, 0.2) is 42.5 Å². The van der Waals surface area contributed by atoms with Gasteiger partial charge in [0.2, 0.25) is 0 Å². The van der Waals surface area contributed by atoms with Gasteiger partial charge < -0.3 is 14.7 Å². The van der Waals surface area contributed by atoms with Crippen LogP contribution in [0.2, 0.25) is 0 Å². The highest BCUT2D eigenvalue weighted by molar-refractivity contribution is 5.88. The zero-order valence-electron chi connectivity index (χ0n) is 18.1. The molecule has 1 aliphatic heterocycles. The standard InChI is InChI=1S/C25H38N2O2/c1-2-3-4-5-6-9-15-26-16-18-27(19-17-26)20-23(28)21-29-25-14-10-12-22-11-7-8-13-24(22)25/h7-8,10-14,23,28H,2-6,9,15-21H2,1H3. The van der Waals surface area contributed by atoms with Crippen molar-refractivity contribution in [2.75, 3.05) is 45.9 Å². The van der Waals surface area contributed by atoms with Crippen molar-refractivity contribution in [2.45, 2.75) is 51.6 Å². The van der Waals surface area contributed by atoms with Crippen molar-refractivity contribution in [3.05, 3.63) is 42.5 Å². The van der Waals surface area contributed by atoms with Crippen LogP contribution in [-0.2, 0) is 0 Å². The first kappa shape index (κ1) is 22.1. The third-order valence-electron chi connectivity index (χ3n) is 5.94. The zero-order valence-corrected chi connectivity index (χ0v) is 18.1. The largest absolute Gasteiger partial charge is 0.490 e. The van der Waals surface area contributed by atoms with Gasteiger partial charge in [-0.2, -0.15) is 0 Å². The van der Waals surface area contributed by atoms with Crippen molar-refractivity contribution in [3.63, 3.8) is 0 Å². The molecular weight excluding hydrogens is 360 g/mol. The molecule has 0 saturated carbocycles. The molecule has 29 heavy (non-hydrogen) atoms. The summed E-state index contributed by atoms with van der Waals surface area (Å²) < 4.78 is 5.95. The lowest BCUT2D eigenvalue weighted by atomic mass is 10.1. The second-order valence-corrected chi connectivity index (χ2v) is 8.35. The predicted octanol–water partition coefficient (Wildman–Crippen LogP) is 4.56. The molecule has 160 valence electrons. The van der Waals surface area contributed by atoms with Gasteiger partial charge in [-0.1, -0.05) is 75.4 Å². The summed E-state index contributed by atoms with van der Waals surface area (Å²) in [7, 11) is 0. The lowest BCUT2D eigenvalue weighted by Gasteiger charge is -2.35. The summed E-state index contributed by atoms with van der Waals surface area (Å²) in [6.07, 6.45) is 7.71. The first-order chi connectivity index (χ1) is 14.3. The van der Waals surface area contributed by atoms with Crippen molar-refractivity contribution < 1.29 is 9.84 Å². The maximum Gasteiger partial charge on any atom is 0.127 e. The molecule has 1 fully saturated rings. The molecule has 4 heteroatoms. The van der Waals surface area contributed by atoms with Crippen LogP contribution in [-0.4, -0.2) is 66.9 Å². The zero-order chi connectivity index (χ0) is 20.3. The Morgan fingerprint density at radius 1 is 0.862 bits per heavy atom. The molecule has 0 spiro atoms. The highest BCUT2D eigenvalue weighted by atomic mass is 16.5. The molecule has 2 aromatic rings. The number of ether oxygens (including phenoxy) is 1. The van der Waals surface area contributed by atoms with Crippen LogP contribution < -0.4 is 4.74 Å². The van der Waals surface area contributed by atoms with Crippen molar-refractivity contribution in [1.82, 2.24) is 9.80 Å². The Bertz CT molecular complexity index is 708. The van der Waals surface area contributed by atoms with Gasteiger partial charge >= 0.3 is 0 Å². The fraction of sp³-hybridized carbons (Fsp3) is 0.600. The second-order valence-electron chi connectivity index (χ2n) is 8.35. The van der Waals surface area contributed by atoms with Crippen molar-refractivity contribution in [3.8, 4) is 5.75 Å². The maximum atomic E-state index is 10.5. The minimum atomic E-state index is -0.459. The van der Waals surface area contributed by atoms with E-state index in [1.807, 2.05) is 24.3 Å². The van der Waals surface area contributed by atoms with Crippen LogP contribution in [0.25, 0.3) is 10.8 Å². The predicted molar refractivity (Wildman–Crippen MR) is 122 cm³/mol. The number of aliphatic hydroxyl groups is 1. The Morgan fingerprint density at radius 2 is 1.55 bits per heavy atom. The van der Waals surface area contributed by atoms with E-state index < -0.39 is 6.10 Å². The third-order valence-corrected chi connectivity index (χ3v) is 5.94. The van der Waals surface area contributed by atoms with E-state index in [0.717, 1.165) is 37.3 Å². The van der Waals surface area contributed by atoms with E-state index in [4.69, 9.17) is 4.74 Å². The molecule has 0 aromatic heterocycles. The number of rotatable bonds is 12. The highest BCUT2D eigenvalue weighted by Gasteiger charge is 2.19. The first-order valence-corrected chi connectivity index (χ1v) is 11.5. The van der Waals surface area contributed by atoms with Crippen LogP contribution in [0, 0.1) is 0 Å². The fourth-order valence-corrected chi connectivity index (χ4v) is 4.17. The average Bonchev–Trinajstić information content (AvgIpc) is 2.76. The number of hydrogen-bond donors (Lipinski definition) is 1. The summed E-state index contributed by atoms with van der Waals surface area (Å²) in [5, 5.41) is 12.7. The van der Waals surface area contributed by atoms with Gasteiger partial charge in [-0.3, -0.25) is 4.90 Å². The van der Waals surface area contributed by atoms with E-state index in [9.17, 15) is 5.11 Å². The number of benzene rings is 2. The van der Waals surface area contributed by atoms with Crippen molar-refractivity contribution in [1.29, 1.82) is 0 Å². The molecule has 1 heterocycles. The molecule has 0 aliphatic carbocycles. The molecule has 2 aromatic carbocycles. The van der Waals surface area contributed by atoms with Gasteiger partial charge in [-0.25, -0.2) is 0 Å². The number of hydrogen-bond acceptors (Lipinski definition) is 4. The molecule has 1 N–H and O–H groups in total. The molecule has 0 bridgehead atoms. The van der Waals surface area contributed by atoms with Gasteiger partial charge in [0.25, 0.3) is 0 Å². The Morgan fingerprint density at radius 3 is 2.38 bits per heavy atom. The Balaban J connectivity index is 1.32. The summed E-state index contributed by atoms with van der Waals surface area (Å²) >= 11 is 0. The fourth-order valence-electron chi connectivity index (χ4n) is 4.17. The molecule has 3 rings (SSSR count). The summed E-state index contributed by atoms with van der Waals surface area (Å²) in [6, 6.07) is 14.3. The number of aliphatic hydroxyl groups excluding tert-OH is 1. The SMILES string of the molecule is CCCCCCCCN1CCN(CC(O)COc2cccc3ccccc23)CC1. The molecule has 1 unspecified atom stereocenters. The Labute approximate surface area is 176 Å². The monoisotopic (exact) mass is 398 g/mol. The Hall–Kier alpha value is -1.62. The first-order valence-electron chi connectivity index (χ1n) is 11.5. The number of β-amino-alcohol motifs (C(OH)–C–C–N with tert-alkyl or cyclic N) is 1. The second kappa shape index (κ2) is 12.2. The van der Waals surface area contributed by atoms with Crippen molar-refractivity contribution >= 4 is 10.8 Å². The molecular formula is C25H38N2O2. The Kier molecular flexibility index (Phi) is 9.26. The molecule has 1 aliphatic rings. The lowest BCUT2D eigenvalue weighted by molar-refractivity contribution is 0.0461. The van der Waals surface area contributed by atoms with E-state index >= 15 is 0 Å². The number of fused-ring (bicyclic) bond motifs is 1. The van der Waals surface area contributed by atoms with E-state index in [2.05, 4.69) is 34.9 Å². The molecule has 4 nitrogen and oxygen atoms in total. The highest BCUT2D eigenvalue weighted by Crippen LogP contribution is 2.25. The van der Waals surface area contributed by atoms with Gasteiger partial charge in [0.15, 0.2) is 0 Å². The summed E-state index contributed by atoms with van der Waals surface area (Å²) in [6.45, 7) is 8.85. The average molecular weight is 399 g/mol. The normalized spacial score (nSPS) is 16.9. The van der Waals surface area contributed by atoms with Crippen LogP contribution in [0.3, 0.4) is 0 Å². The van der Waals surface area contributed by atoms with E-state index in [-0.39, 0.29) is 0 Å². The van der Waals surface area contributed by atoms with Crippen LogP contribution in [0.5, 0.6) is 5.75 Å². The minimum absolute atomic E-state index is 0.339. The summed E-state index contributed by atoms with van der Waals surface area (Å²) in [5.74, 6) is 0.853. The van der Waals surface area contributed by atoms with Gasteiger partial charge in [-0.05, 0) is 24.4 Å². The smallest absolute Gasteiger partial charge is 0.127 e. The maximum absolute atomic E-state index is 10.5. The minimum Gasteiger partial charge on any atom is -0.490 e. The van der Waals surface area contributed by atoms with E-state index in [0.29, 0.717) is 13.2 Å². The number of unbranched alkanes of at least 4 members (excludes halogenated alkanes) is 5. The van der Waals surface area contributed by atoms with Gasteiger partial charge in [0.05, 0.1) is 0 Å². The lowest BCUT2D eigenvalue weighted by Crippen LogP contribution is -2.49. The van der Waals surface area contributed by atoms with Gasteiger partial charge in [0.1, 0.15) is 18.5 Å². The van der Waals surface area contributed by atoms with Crippen LogP contribution in [0.4, 0.5) is 0 Å². The van der Waals surface area contributed by atoms with Gasteiger partial charge in [0, 0.05) is 38.1 Å². The van der Waals surface area contributed by atoms with Crippen LogP contribution in [0.1, 0.15) is 45.4 Å². The molecule has 0 amide bonds. The number of piperazine rings is 1. The van der Waals surface area contributed by atoms with Gasteiger partial charge in [-0.15, -0.1) is 0 Å². The van der Waals surface area contributed by atoms with E-state index in [1.165, 1.54) is 50.5 Å². The molecule has 1 atom stereocenters. The molecule has 0 radical (unpaired) electrons. The summed E-state index contributed by atoms with van der Waals surface area (Å²) in [5.41, 5.74) is 0. The third kappa shape index (κ3) is 7.29. The summed E-state index contributed by atoms with van der Waals surface area (Å²) in [4.78, 5) is 4.95. The van der Waals surface area contributed by atoms with Crippen molar-refractivity contribution in [2.24, 2.45) is 0 Å².